The van der Waals surface area contributed by atoms with Gasteiger partial charge < -0.3 is 14.2 Å². The lowest BCUT2D eigenvalue weighted by Gasteiger charge is -2.34. The Bertz CT molecular complexity index is 2010. The number of pyridine rings is 2. The molecule has 2 aliphatic rings. The first-order chi connectivity index (χ1) is 21.7. The van der Waals surface area contributed by atoms with E-state index in [1.165, 1.54) is 12.3 Å². The predicted molar refractivity (Wildman–Crippen MR) is 173 cm³/mol. The van der Waals surface area contributed by atoms with Gasteiger partial charge in [0.15, 0.2) is 0 Å². The molecule has 1 atom stereocenters. The molecule has 6 heterocycles. The highest BCUT2D eigenvalue weighted by molar-refractivity contribution is 7.91. The Morgan fingerprint density at radius 1 is 1.07 bits per heavy atom. The summed E-state index contributed by atoms with van der Waals surface area (Å²) in [5.74, 6) is -0.279. The average Bonchev–Trinajstić information content (AvgIpc) is 3.58. The third-order valence-electron chi connectivity index (χ3n) is 9.41. The highest BCUT2D eigenvalue weighted by atomic mass is 32.2. The molecule has 0 amide bonds. The number of sulfone groups is 1. The Balaban J connectivity index is 1.46. The monoisotopic (exact) mass is 629 g/mol. The van der Waals surface area contributed by atoms with E-state index in [9.17, 15) is 8.42 Å². The molecule has 234 valence electrons. The van der Waals surface area contributed by atoms with Gasteiger partial charge in [0.2, 0.25) is 0 Å². The fourth-order valence-electron chi connectivity index (χ4n) is 7.11. The second-order valence-electron chi connectivity index (χ2n) is 12.1. The van der Waals surface area contributed by atoms with Gasteiger partial charge in [0.1, 0.15) is 21.3 Å². The number of piperidine rings is 1. The molecule has 12 heteroatoms. The number of rotatable bonds is 7. The molecule has 0 spiro atoms. The van der Waals surface area contributed by atoms with Crippen molar-refractivity contribution in [3.8, 4) is 11.3 Å². The molecule has 0 radical (unpaired) electrons. The highest BCUT2D eigenvalue weighted by Crippen LogP contribution is 2.42. The lowest BCUT2D eigenvalue weighted by Crippen LogP contribution is -2.39. The molecule has 1 aromatic carbocycles. The summed E-state index contributed by atoms with van der Waals surface area (Å²) in [5, 5.41) is 9.09. The fourth-order valence-corrected chi connectivity index (χ4v) is 8.18. The van der Waals surface area contributed by atoms with E-state index in [0.717, 1.165) is 51.7 Å². The summed E-state index contributed by atoms with van der Waals surface area (Å²) in [4.78, 5) is 11.8. The number of fused-ring (bicyclic) bond motifs is 3. The van der Waals surface area contributed by atoms with Crippen molar-refractivity contribution in [1.29, 1.82) is 0 Å². The van der Waals surface area contributed by atoms with Crippen LogP contribution in [0.25, 0.3) is 39.3 Å². The molecule has 0 bridgehead atoms. The number of nitrogens with zero attached hydrogens (tertiary/aromatic N) is 7. The molecule has 0 N–H and O–H groups in total. The van der Waals surface area contributed by atoms with Crippen LogP contribution < -0.4 is 4.90 Å². The zero-order valence-electron chi connectivity index (χ0n) is 25.4. The molecule has 1 unspecified atom stereocenters. The van der Waals surface area contributed by atoms with Crippen LogP contribution >= 0.6 is 0 Å². The van der Waals surface area contributed by atoms with Gasteiger partial charge in [0, 0.05) is 68.6 Å². The molecular formula is C33H36FN7O3S. The summed E-state index contributed by atoms with van der Waals surface area (Å²) in [6, 6.07) is 11.1. The summed E-state index contributed by atoms with van der Waals surface area (Å²) in [6.07, 6.45) is 9.17. The maximum Gasteiger partial charge on any atom is 0.150 e. The van der Waals surface area contributed by atoms with Gasteiger partial charge in [-0.15, -0.1) is 5.10 Å². The summed E-state index contributed by atoms with van der Waals surface area (Å²) in [6.45, 7) is 6.39. The van der Waals surface area contributed by atoms with Crippen LogP contribution in [0.15, 0.2) is 55.4 Å². The van der Waals surface area contributed by atoms with E-state index in [-0.39, 0.29) is 17.0 Å². The normalized spacial score (nSPS) is 17.7. The van der Waals surface area contributed by atoms with E-state index in [1.807, 2.05) is 13.2 Å². The average molecular weight is 630 g/mol. The standard InChI is InChI=1S/C33H36FN7O3S/c1-4-27-32(39(2)38-37-27)22-18-29-30(36-20-22)25-8-7-23(40-14-9-24(10-15-40)45(3,42)43)19-28(25)41(29)33(21-11-16-44-17-12-21)31-26(34)6-5-13-35-31/h4-8,13,18-21,24,33H,1,9-12,14-17H2,2-3H3. The van der Waals surface area contributed by atoms with Gasteiger partial charge in [-0.1, -0.05) is 11.8 Å². The van der Waals surface area contributed by atoms with Crippen molar-refractivity contribution < 1.29 is 17.5 Å². The number of anilines is 1. The Morgan fingerprint density at radius 2 is 1.84 bits per heavy atom. The van der Waals surface area contributed by atoms with E-state index >= 15 is 4.39 Å². The Hall–Kier alpha value is -4.16. The Morgan fingerprint density at radius 3 is 2.56 bits per heavy atom. The van der Waals surface area contributed by atoms with Gasteiger partial charge in [-0.25, -0.2) is 17.5 Å². The number of halogens is 1. The zero-order chi connectivity index (χ0) is 31.3. The largest absolute Gasteiger partial charge is 0.381 e. The summed E-state index contributed by atoms with van der Waals surface area (Å²) < 4.78 is 49.8. The SMILES string of the molecule is C=Cc1nnn(C)c1-c1cnc2c3ccc(N4CCC(S(C)(=O)=O)CC4)cc3n(C(c3ncccc3F)C3CCOCC3)c2c1. The molecule has 0 aliphatic carbocycles. The van der Waals surface area contributed by atoms with Crippen molar-refractivity contribution in [2.45, 2.75) is 37.0 Å². The van der Waals surface area contributed by atoms with Gasteiger partial charge in [0.05, 0.1) is 39.2 Å². The van der Waals surface area contributed by atoms with Gasteiger partial charge in [0.25, 0.3) is 0 Å². The van der Waals surface area contributed by atoms with E-state index < -0.39 is 15.9 Å². The van der Waals surface area contributed by atoms with Crippen LogP contribution in [0.2, 0.25) is 0 Å². The van der Waals surface area contributed by atoms with Crippen LogP contribution in [0.5, 0.6) is 0 Å². The van der Waals surface area contributed by atoms with Crippen LogP contribution in [0.4, 0.5) is 10.1 Å². The van der Waals surface area contributed by atoms with Crippen molar-refractivity contribution in [3.05, 3.63) is 72.6 Å². The first-order valence-corrected chi connectivity index (χ1v) is 17.3. The van der Waals surface area contributed by atoms with Crippen molar-refractivity contribution in [1.82, 2.24) is 29.5 Å². The summed E-state index contributed by atoms with van der Waals surface area (Å²) in [5.41, 5.74) is 6.23. The molecule has 7 rings (SSSR count). The number of aromatic nitrogens is 6. The van der Waals surface area contributed by atoms with E-state index in [4.69, 9.17) is 9.72 Å². The third-order valence-corrected chi connectivity index (χ3v) is 11.1. The maximum atomic E-state index is 15.7. The van der Waals surface area contributed by atoms with Gasteiger partial charge in [-0.3, -0.25) is 9.97 Å². The van der Waals surface area contributed by atoms with Crippen molar-refractivity contribution >= 4 is 43.5 Å². The number of ether oxygens (including phenoxy) is 1. The number of aryl methyl sites for hydroxylation is 1. The maximum absolute atomic E-state index is 15.7. The Labute approximate surface area is 261 Å². The number of hydrogen-bond donors (Lipinski definition) is 0. The molecule has 45 heavy (non-hydrogen) atoms. The summed E-state index contributed by atoms with van der Waals surface area (Å²) >= 11 is 0. The zero-order valence-corrected chi connectivity index (χ0v) is 26.3. The number of hydrogen-bond acceptors (Lipinski definition) is 8. The topological polar surface area (TPSA) is 108 Å². The van der Waals surface area contributed by atoms with Crippen molar-refractivity contribution in [2.75, 3.05) is 37.5 Å². The lowest BCUT2D eigenvalue weighted by atomic mass is 9.88. The molecule has 2 fully saturated rings. The molecule has 2 aliphatic heterocycles. The van der Waals surface area contributed by atoms with E-state index in [1.54, 1.807) is 23.0 Å². The second kappa shape index (κ2) is 11.6. The number of benzene rings is 1. The van der Waals surface area contributed by atoms with Crippen LogP contribution in [0.1, 0.15) is 43.1 Å². The van der Waals surface area contributed by atoms with E-state index in [0.29, 0.717) is 50.5 Å². The first-order valence-electron chi connectivity index (χ1n) is 15.3. The molecule has 4 aromatic heterocycles. The van der Waals surface area contributed by atoms with Crippen molar-refractivity contribution in [3.63, 3.8) is 0 Å². The van der Waals surface area contributed by atoms with Crippen LogP contribution in [-0.4, -0.2) is 75.8 Å². The molecule has 5 aromatic rings. The minimum Gasteiger partial charge on any atom is -0.381 e. The molecule has 10 nitrogen and oxygen atoms in total. The predicted octanol–water partition coefficient (Wildman–Crippen LogP) is 5.19. The van der Waals surface area contributed by atoms with Crippen LogP contribution in [0.3, 0.4) is 0 Å². The smallest absolute Gasteiger partial charge is 0.150 e. The van der Waals surface area contributed by atoms with Crippen molar-refractivity contribution in [2.24, 2.45) is 13.0 Å². The van der Waals surface area contributed by atoms with Crippen LogP contribution in [-0.2, 0) is 21.6 Å². The Kier molecular flexibility index (Phi) is 7.65. The minimum absolute atomic E-state index is 0.0712. The minimum atomic E-state index is -3.09. The third kappa shape index (κ3) is 5.29. The summed E-state index contributed by atoms with van der Waals surface area (Å²) in [7, 11) is -1.25. The quantitative estimate of drug-likeness (QED) is 0.242. The highest BCUT2D eigenvalue weighted by Gasteiger charge is 2.34. The molecule has 0 saturated carbocycles. The lowest BCUT2D eigenvalue weighted by molar-refractivity contribution is 0.0543. The van der Waals surface area contributed by atoms with Gasteiger partial charge in [-0.05, 0) is 74.1 Å². The first kappa shape index (κ1) is 29.5. The fraction of sp³-hybridized carbons (Fsp3) is 0.394. The van der Waals surface area contributed by atoms with Gasteiger partial charge in [-0.2, -0.15) is 0 Å². The molecular weight excluding hydrogens is 593 g/mol. The second-order valence-corrected chi connectivity index (χ2v) is 14.4. The molecule has 2 saturated heterocycles. The van der Waals surface area contributed by atoms with Gasteiger partial charge >= 0.3 is 0 Å². The van der Waals surface area contributed by atoms with Crippen LogP contribution in [0, 0.1) is 11.7 Å². The van der Waals surface area contributed by atoms with E-state index in [2.05, 4.69) is 55.6 Å².